The van der Waals surface area contributed by atoms with E-state index in [0.717, 1.165) is 5.56 Å². The maximum atomic E-state index is 10.9. The number of hydrogen-bond acceptors (Lipinski definition) is 2. The molecule has 0 unspecified atom stereocenters. The zero-order chi connectivity index (χ0) is 11.4. The minimum Gasteiger partial charge on any atom is -0.233 e. The highest BCUT2D eigenvalue weighted by atomic mass is 16.1. The quantitative estimate of drug-likeness (QED) is 0.678. The van der Waals surface area contributed by atoms with Gasteiger partial charge in [-0.2, -0.15) is 0 Å². The SMILES string of the molecule is O=C=c1cccc(-c2ccccc2)c1=C=O. The van der Waals surface area contributed by atoms with Crippen molar-refractivity contribution in [3.05, 3.63) is 59.0 Å². The van der Waals surface area contributed by atoms with E-state index in [9.17, 15) is 9.59 Å². The van der Waals surface area contributed by atoms with Crippen molar-refractivity contribution >= 4 is 11.9 Å². The van der Waals surface area contributed by atoms with Crippen LogP contribution >= 0.6 is 0 Å². The van der Waals surface area contributed by atoms with Gasteiger partial charge in [0.25, 0.3) is 0 Å². The van der Waals surface area contributed by atoms with Crippen LogP contribution in [0.25, 0.3) is 11.1 Å². The van der Waals surface area contributed by atoms with Crippen molar-refractivity contribution < 1.29 is 9.59 Å². The Morgan fingerprint density at radius 2 is 1.50 bits per heavy atom. The lowest BCUT2D eigenvalue weighted by atomic mass is 10.0. The summed E-state index contributed by atoms with van der Waals surface area (Å²) in [6.45, 7) is 0. The molecule has 2 heteroatoms. The third-order valence-electron chi connectivity index (χ3n) is 2.36. The van der Waals surface area contributed by atoms with Crippen LogP contribution < -0.4 is 10.4 Å². The first-order chi connectivity index (χ1) is 7.86. The molecule has 0 aliphatic rings. The molecule has 0 spiro atoms. The summed E-state index contributed by atoms with van der Waals surface area (Å²) < 4.78 is 0. The molecule has 0 aliphatic carbocycles. The monoisotopic (exact) mass is 208 g/mol. The molecule has 76 valence electrons. The molecular formula is C14H8O2. The fraction of sp³-hybridized carbons (Fsp3) is 0. The average Bonchev–Trinajstić information content (AvgIpc) is 2.38. The summed E-state index contributed by atoms with van der Waals surface area (Å²) in [6, 6.07) is 14.5. The molecule has 0 heterocycles. The maximum absolute atomic E-state index is 10.9. The summed E-state index contributed by atoms with van der Waals surface area (Å²) in [5.74, 6) is 3.55. The van der Waals surface area contributed by atoms with Crippen molar-refractivity contribution in [2.45, 2.75) is 0 Å². The first-order valence-corrected chi connectivity index (χ1v) is 4.81. The molecule has 0 aliphatic heterocycles. The van der Waals surface area contributed by atoms with Gasteiger partial charge in [0.15, 0.2) is 0 Å². The summed E-state index contributed by atoms with van der Waals surface area (Å²) in [4.78, 5) is 21.5. The fourth-order valence-electron chi connectivity index (χ4n) is 1.61. The molecule has 0 atom stereocenters. The highest BCUT2D eigenvalue weighted by Crippen LogP contribution is 2.12. The molecule has 0 bridgehead atoms. The van der Waals surface area contributed by atoms with Crippen LogP contribution in [-0.4, -0.2) is 11.9 Å². The Labute approximate surface area is 92.2 Å². The molecule has 0 N–H and O–H groups in total. The predicted molar refractivity (Wildman–Crippen MR) is 60.7 cm³/mol. The van der Waals surface area contributed by atoms with Crippen molar-refractivity contribution in [1.82, 2.24) is 0 Å². The van der Waals surface area contributed by atoms with E-state index < -0.39 is 0 Å². The smallest absolute Gasteiger partial charge is 0.134 e. The Morgan fingerprint density at radius 3 is 2.12 bits per heavy atom. The van der Waals surface area contributed by atoms with Gasteiger partial charge in [0.2, 0.25) is 0 Å². The lowest BCUT2D eigenvalue weighted by Gasteiger charge is -1.99. The van der Waals surface area contributed by atoms with Crippen molar-refractivity contribution in [3.63, 3.8) is 0 Å². The van der Waals surface area contributed by atoms with Crippen LogP contribution in [0.4, 0.5) is 0 Å². The highest BCUT2D eigenvalue weighted by molar-refractivity contribution is 5.71. The van der Waals surface area contributed by atoms with Crippen LogP contribution in [0.3, 0.4) is 0 Å². The van der Waals surface area contributed by atoms with Crippen LogP contribution in [0.5, 0.6) is 0 Å². The summed E-state index contributed by atoms with van der Waals surface area (Å²) in [5.41, 5.74) is 1.59. The third-order valence-corrected chi connectivity index (χ3v) is 2.36. The maximum Gasteiger partial charge on any atom is 0.134 e. The van der Waals surface area contributed by atoms with Gasteiger partial charge in [-0.05, 0) is 11.6 Å². The Hall–Kier alpha value is -2.40. The van der Waals surface area contributed by atoms with Crippen LogP contribution in [0.15, 0.2) is 48.5 Å². The largest absolute Gasteiger partial charge is 0.233 e. The van der Waals surface area contributed by atoms with E-state index in [0.29, 0.717) is 5.56 Å². The van der Waals surface area contributed by atoms with E-state index in [1.165, 1.54) is 0 Å². The number of hydrogen-bond donors (Lipinski definition) is 0. The van der Waals surface area contributed by atoms with Crippen LogP contribution in [0.1, 0.15) is 0 Å². The second-order valence-corrected chi connectivity index (χ2v) is 3.30. The third kappa shape index (κ3) is 1.71. The van der Waals surface area contributed by atoms with E-state index in [4.69, 9.17) is 0 Å². The zero-order valence-electron chi connectivity index (χ0n) is 8.44. The standard InChI is InChI=1S/C14H8O2/c15-9-12-7-4-8-13(14(12)10-16)11-5-2-1-3-6-11/h1-8H. The van der Waals surface area contributed by atoms with E-state index in [1.54, 1.807) is 30.1 Å². The summed E-state index contributed by atoms with van der Waals surface area (Å²) in [6.07, 6.45) is 0. The van der Waals surface area contributed by atoms with Gasteiger partial charge in [-0.15, -0.1) is 0 Å². The molecule has 16 heavy (non-hydrogen) atoms. The van der Waals surface area contributed by atoms with Gasteiger partial charge in [0, 0.05) is 5.56 Å². The van der Waals surface area contributed by atoms with E-state index in [1.807, 2.05) is 30.3 Å². The Balaban J connectivity index is 2.89. The predicted octanol–water partition coefficient (Wildman–Crippen LogP) is 0.360. The highest BCUT2D eigenvalue weighted by Gasteiger charge is 2.00. The topological polar surface area (TPSA) is 34.1 Å². The normalized spacial score (nSPS) is 9.25. The van der Waals surface area contributed by atoms with Crippen LogP contribution in [0.2, 0.25) is 0 Å². The summed E-state index contributed by atoms with van der Waals surface area (Å²) >= 11 is 0. The number of carbonyl (C=O) groups excluding carboxylic acids is 2. The van der Waals surface area contributed by atoms with Crippen molar-refractivity contribution in [1.29, 1.82) is 0 Å². The van der Waals surface area contributed by atoms with E-state index in [2.05, 4.69) is 0 Å². The molecule has 2 rings (SSSR count). The molecule has 0 saturated carbocycles. The fourth-order valence-corrected chi connectivity index (χ4v) is 1.61. The number of benzene rings is 2. The minimum absolute atomic E-state index is 0.247. The first kappa shape index (κ1) is 10.1. The lowest BCUT2D eigenvalue weighted by Crippen LogP contribution is -2.28. The average molecular weight is 208 g/mol. The van der Waals surface area contributed by atoms with Crippen LogP contribution in [0, 0.1) is 0 Å². The molecule has 0 fully saturated rings. The molecule has 2 aromatic carbocycles. The van der Waals surface area contributed by atoms with Gasteiger partial charge >= 0.3 is 0 Å². The summed E-state index contributed by atoms with van der Waals surface area (Å²) in [5, 5.41) is 0.514. The first-order valence-electron chi connectivity index (χ1n) is 4.81. The van der Waals surface area contributed by atoms with E-state index in [-0.39, 0.29) is 10.4 Å². The second kappa shape index (κ2) is 4.41. The Morgan fingerprint density at radius 1 is 0.750 bits per heavy atom. The van der Waals surface area contributed by atoms with Gasteiger partial charge in [0.05, 0.1) is 10.4 Å². The second-order valence-electron chi connectivity index (χ2n) is 3.30. The molecule has 0 radical (unpaired) electrons. The van der Waals surface area contributed by atoms with Gasteiger partial charge in [-0.25, -0.2) is 9.59 Å². The van der Waals surface area contributed by atoms with Gasteiger partial charge < -0.3 is 0 Å². The van der Waals surface area contributed by atoms with Crippen molar-refractivity contribution in [2.24, 2.45) is 0 Å². The van der Waals surface area contributed by atoms with Crippen molar-refractivity contribution in [2.75, 3.05) is 0 Å². The minimum atomic E-state index is 0.247. The lowest BCUT2D eigenvalue weighted by molar-refractivity contribution is 0.564. The number of rotatable bonds is 1. The van der Waals surface area contributed by atoms with Gasteiger partial charge in [0.1, 0.15) is 11.9 Å². The molecule has 2 aromatic rings. The Bertz CT molecular complexity index is 662. The Kier molecular flexibility index (Phi) is 2.79. The van der Waals surface area contributed by atoms with Crippen molar-refractivity contribution in [3.8, 4) is 11.1 Å². The van der Waals surface area contributed by atoms with E-state index >= 15 is 0 Å². The molecule has 0 amide bonds. The molecular weight excluding hydrogens is 200 g/mol. The molecule has 0 saturated heterocycles. The molecule has 2 nitrogen and oxygen atoms in total. The van der Waals surface area contributed by atoms with Gasteiger partial charge in [-0.3, -0.25) is 0 Å². The van der Waals surface area contributed by atoms with Gasteiger partial charge in [-0.1, -0.05) is 42.5 Å². The molecule has 0 aromatic heterocycles. The zero-order valence-corrected chi connectivity index (χ0v) is 8.44. The van der Waals surface area contributed by atoms with Crippen LogP contribution in [-0.2, 0) is 9.59 Å². The summed E-state index contributed by atoms with van der Waals surface area (Å²) in [7, 11) is 0.